The molecule has 1 fully saturated rings. The van der Waals surface area contributed by atoms with Crippen LogP contribution in [0, 0.1) is 0 Å². The topological polar surface area (TPSA) is 59.1 Å². The van der Waals surface area contributed by atoms with Crippen molar-refractivity contribution in [2.75, 3.05) is 25.2 Å². The number of hydrogen-bond donors (Lipinski definition) is 1. The van der Waals surface area contributed by atoms with E-state index in [1.165, 1.54) is 13.0 Å². The molecule has 0 radical (unpaired) electrons. The number of aliphatic hydroxyl groups excluding tert-OH is 1. The number of carbonyl (C=O) groups is 1. The maximum Gasteiger partial charge on any atom is 0.302 e. The van der Waals surface area contributed by atoms with Crippen LogP contribution in [0.2, 0.25) is 0 Å². The lowest BCUT2D eigenvalue weighted by molar-refractivity contribution is -0.139. The Labute approximate surface area is 99.8 Å². The number of alkyl halides is 2. The van der Waals surface area contributed by atoms with Crippen LogP contribution >= 0.6 is 23.2 Å². The van der Waals surface area contributed by atoms with Gasteiger partial charge in [0, 0.05) is 6.92 Å². The van der Waals surface area contributed by atoms with Crippen molar-refractivity contribution in [3.8, 4) is 0 Å². The normalized spacial score (nSPS) is 16.1. The maximum absolute atomic E-state index is 9.93. The third kappa shape index (κ3) is 24.8. The molecule has 1 aliphatic rings. The zero-order valence-electron chi connectivity index (χ0n) is 8.62. The molecular formula is C9H16Cl2O4. The minimum Gasteiger partial charge on any atom is -0.462 e. The molecule has 90 valence electrons. The summed E-state index contributed by atoms with van der Waals surface area (Å²) < 4.78 is 9.16. The van der Waals surface area contributed by atoms with Gasteiger partial charge in [-0.25, -0.2) is 0 Å². The Morgan fingerprint density at radius 2 is 2.20 bits per heavy atom. The van der Waals surface area contributed by atoms with Gasteiger partial charge in [-0.05, 0) is 0 Å². The number of halogens is 2. The molecule has 1 atom stereocenters. The summed E-state index contributed by atoms with van der Waals surface area (Å²) in [6.45, 7) is 5.91. The Balaban J connectivity index is 0. The zero-order chi connectivity index (χ0) is 12.1. The molecule has 0 saturated carbocycles. The highest BCUT2D eigenvalue weighted by Crippen LogP contribution is 2.08. The molecule has 1 heterocycles. The van der Waals surface area contributed by atoms with E-state index >= 15 is 0 Å². The van der Waals surface area contributed by atoms with Gasteiger partial charge in [0.05, 0.1) is 18.6 Å². The fourth-order valence-corrected chi connectivity index (χ4v) is 0.512. The van der Waals surface area contributed by atoms with Gasteiger partial charge in [-0.3, -0.25) is 4.79 Å². The molecule has 1 saturated heterocycles. The summed E-state index contributed by atoms with van der Waals surface area (Å²) in [4.78, 5) is 9.93. The summed E-state index contributed by atoms with van der Waals surface area (Å²) in [6, 6.07) is -0.278. The molecule has 1 aliphatic heterocycles. The van der Waals surface area contributed by atoms with Crippen molar-refractivity contribution in [1.29, 1.82) is 0 Å². The molecule has 4 nitrogen and oxygen atoms in total. The number of esters is 1. The Kier molecular flexibility index (Phi) is 15.6. The Morgan fingerprint density at radius 1 is 1.73 bits per heavy atom. The van der Waals surface area contributed by atoms with Gasteiger partial charge < -0.3 is 14.6 Å². The average molecular weight is 259 g/mol. The van der Waals surface area contributed by atoms with Gasteiger partial charge in [0.15, 0.2) is 0 Å². The van der Waals surface area contributed by atoms with Crippen LogP contribution < -0.4 is 0 Å². The van der Waals surface area contributed by atoms with Crippen LogP contribution in [-0.4, -0.2) is 42.3 Å². The molecule has 0 aromatic carbocycles. The van der Waals surface area contributed by atoms with Crippen LogP contribution in [-0.2, 0) is 14.3 Å². The quantitative estimate of drug-likeness (QED) is 0.361. The van der Waals surface area contributed by atoms with E-state index in [2.05, 4.69) is 22.9 Å². The van der Waals surface area contributed by atoms with E-state index in [1.807, 2.05) is 0 Å². The van der Waals surface area contributed by atoms with Crippen LogP contribution in [0.4, 0.5) is 0 Å². The van der Waals surface area contributed by atoms with Crippen molar-refractivity contribution in [1.82, 2.24) is 0 Å². The molecule has 1 rings (SSSR count). The van der Waals surface area contributed by atoms with E-state index in [-0.39, 0.29) is 12.0 Å². The lowest BCUT2D eigenvalue weighted by atomic mass is 10.6. The summed E-state index contributed by atoms with van der Waals surface area (Å²) in [5.41, 5.74) is 0. The molecule has 1 unspecified atom stereocenters. The predicted molar refractivity (Wildman–Crippen MR) is 60.2 cm³/mol. The third-order valence-corrected chi connectivity index (χ3v) is 1.32. The molecular weight excluding hydrogens is 243 g/mol. The van der Waals surface area contributed by atoms with Gasteiger partial charge in [0.1, 0.15) is 12.7 Å². The molecule has 1 N–H and O–H groups in total. The molecule has 0 bridgehead atoms. The van der Waals surface area contributed by atoms with Crippen LogP contribution in [0.1, 0.15) is 6.92 Å². The van der Waals surface area contributed by atoms with Crippen molar-refractivity contribution in [2.24, 2.45) is 0 Å². The first kappa shape index (κ1) is 17.1. The summed E-state index contributed by atoms with van der Waals surface area (Å²) in [5.74, 6) is 0.403. The van der Waals surface area contributed by atoms with Crippen molar-refractivity contribution < 1.29 is 19.4 Å². The molecule has 0 aromatic rings. The predicted octanol–water partition coefficient (Wildman–Crippen LogP) is 1.53. The van der Waals surface area contributed by atoms with E-state index in [1.54, 1.807) is 0 Å². The Hall–Kier alpha value is -0.290. The van der Waals surface area contributed by atoms with Crippen LogP contribution in [0.15, 0.2) is 12.7 Å². The first-order valence-electron chi connectivity index (χ1n) is 4.21. The minimum atomic E-state index is -0.278. The minimum absolute atomic E-state index is 0.264. The van der Waals surface area contributed by atoms with Crippen molar-refractivity contribution in [2.45, 2.75) is 13.0 Å². The lowest BCUT2D eigenvalue weighted by Gasteiger charge is -1.90. The van der Waals surface area contributed by atoms with Gasteiger partial charge in [-0.1, -0.05) is 24.3 Å². The van der Waals surface area contributed by atoms with Crippen LogP contribution in [0.3, 0.4) is 0 Å². The van der Waals surface area contributed by atoms with Crippen molar-refractivity contribution in [3.05, 3.63) is 12.7 Å². The van der Waals surface area contributed by atoms with Gasteiger partial charge in [0.2, 0.25) is 0 Å². The second-order valence-corrected chi connectivity index (χ2v) is 2.87. The first-order valence-corrected chi connectivity index (χ1v) is 5.27. The SMILES string of the molecule is C=CCOC(C)=O.ClCC1CO1.OCCl. The lowest BCUT2D eigenvalue weighted by Crippen LogP contribution is -1.96. The van der Waals surface area contributed by atoms with Crippen LogP contribution in [0.5, 0.6) is 0 Å². The molecule has 0 aromatic heterocycles. The molecule has 15 heavy (non-hydrogen) atoms. The fraction of sp³-hybridized carbons (Fsp3) is 0.667. The largest absolute Gasteiger partial charge is 0.462 e. The van der Waals surface area contributed by atoms with Gasteiger partial charge in [0.25, 0.3) is 0 Å². The number of epoxide rings is 1. The van der Waals surface area contributed by atoms with Crippen LogP contribution in [0.25, 0.3) is 0 Å². The highest BCUT2D eigenvalue weighted by Gasteiger charge is 2.19. The second-order valence-electron chi connectivity index (χ2n) is 2.32. The standard InChI is InChI=1S/C5H8O2.C3H5ClO.CH3ClO/c1-3-4-7-5(2)6;4-1-3-2-5-3;2-1-3/h3H,1,4H2,2H3;3H,1-2H2;3H,1H2. The van der Waals surface area contributed by atoms with E-state index in [0.717, 1.165) is 6.61 Å². The van der Waals surface area contributed by atoms with E-state index in [9.17, 15) is 4.79 Å². The fourth-order valence-electron chi connectivity index (χ4n) is 0.333. The average Bonchev–Trinajstić information content (AvgIpc) is 3.00. The van der Waals surface area contributed by atoms with E-state index in [4.69, 9.17) is 21.4 Å². The summed E-state index contributed by atoms with van der Waals surface area (Å²) >= 11 is 9.83. The summed E-state index contributed by atoms with van der Waals surface area (Å²) in [6.07, 6.45) is 1.93. The molecule has 0 spiro atoms. The molecule has 0 amide bonds. The Morgan fingerprint density at radius 3 is 2.27 bits per heavy atom. The third-order valence-electron chi connectivity index (χ3n) is 0.979. The smallest absolute Gasteiger partial charge is 0.302 e. The summed E-state index contributed by atoms with van der Waals surface area (Å²) in [7, 11) is 0. The van der Waals surface area contributed by atoms with Crippen molar-refractivity contribution >= 4 is 29.2 Å². The number of carbonyl (C=O) groups excluding carboxylic acids is 1. The molecule has 0 aliphatic carbocycles. The summed E-state index contributed by atoms with van der Waals surface area (Å²) in [5, 5.41) is 7.33. The second kappa shape index (κ2) is 13.7. The maximum atomic E-state index is 9.93. The first-order chi connectivity index (χ1) is 7.12. The monoisotopic (exact) mass is 258 g/mol. The van der Waals surface area contributed by atoms with Gasteiger partial charge in [-0.2, -0.15) is 0 Å². The number of aliphatic hydroxyl groups is 1. The number of hydrogen-bond acceptors (Lipinski definition) is 4. The molecule has 6 heteroatoms. The van der Waals surface area contributed by atoms with Gasteiger partial charge in [-0.15, -0.1) is 11.6 Å². The zero-order valence-corrected chi connectivity index (χ0v) is 10.1. The number of ether oxygens (including phenoxy) is 2. The highest BCUT2D eigenvalue weighted by molar-refractivity contribution is 6.18. The van der Waals surface area contributed by atoms with E-state index in [0.29, 0.717) is 18.6 Å². The highest BCUT2D eigenvalue weighted by atomic mass is 35.5. The Bertz CT molecular complexity index is 160. The van der Waals surface area contributed by atoms with E-state index < -0.39 is 0 Å². The number of rotatable bonds is 3. The van der Waals surface area contributed by atoms with Crippen molar-refractivity contribution in [3.63, 3.8) is 0 Å². The van der Waals surface area contributed by atoms with Gasteiger partial charge >= 0.3 is 5.97 Å².